The highest BCUT2D eigenvalue weighted by atomic mass is 16.2. The van der Waals surface area contributed by atoms with Gasteiger partial charge in [0.2, 0.25) is 5.91 Å². The molecule has 0 radical (unpaired) electrons. The minimum atomic E-state index is 0.173. The quantitative estimate of drug-likeness (QED) is 0.453. The van der Waals surface area contributed by atoms with Crippen LogP contribution in [0.25, 0.3) is 0 Å². The first kappa shape index (κ1) is 24.5. The number of hydrogen-bond donors (Lipinski definition) is 0. The molecule has 37 heavy (non-hydrogen) atoms. The molecule has 2 heterocycles. The van der Waals surface area contributed by atoms with Crippen LogP contribution in [0.2, 0.25) is 0 Å². The zero-order chi connectivity index (χ0) is 25.5. The molecule has 0 N–H and O–H groups in total. The number of para-hydroxylation sites is 1. The van der Waals surface area contributed by atoms with Gasteiger partial charge in [0.05, 0.1) is 24.8 Å². The van der Waals surface area contributed by atoms with Crippen LogP contribution < -0.4 is 4.90 Å². The molecule has 6 heteroatoms. The van der Waals surface area contributed by atoms with E-state index in [9.17, 15) is 4.79 Å². The first-order chi connectivity index (χ1) is 18.2. The maximum Gasteiger partial charge on any atom is 0.242 e. The summed E-state index contributed by atoms with van der Waals surface area (Å²) in [7, 11) is 0. The summed E-state index contributed by atoms with van der Waals surface area (Å²) in [4.78, 5) is 22.5. The SMILES string of the molecule is N#Cc1ccc(CN2C=CN(CC(=O)N(Cc3ccccc3)C3CCN(c4ccccc4)CC3)C2)cc1. The molecular formula is C31H33N5O. The van der Waals surface area contributed by atoms with Crippen LogP contribution in [0.4, 0.5) is 5.69 Å². The number of nitriles is 1. The number of rotatable bonds is 8. The van der Waals surface area contributed by atoms with Gasteiger partial charge in [0.25, 0.3) is 0 Å². The van der Waals surface area contributed by atoms with E-state index in [0.29, 0.717) is 25.3 Å². The fourth-order valence-corrected chi connectivity index (χ4v) is 5.18. The van der Waals surface area contributed by atoms with Crippen molar-refractivity contribution in [1.82, 2.24) is 14.7 Å². The van der Waals surface area contributed by atoms with Gasteiger partial charge in [-0.15, -0.1) is 0 Å². The maximum absolute atomic E-state index is 13.7. The molecule has 0 aliphatic carbocycles. The average Bonchev–Trinajstić information content (AvgIpc) is 3.39. The number of hydrogen-bond acceptors (Lipinski definition) is 5. The van der Waals surface area contributed by atoms with Crippen LogP contribution in [0.15, 0.2) is 97.3 Å². The van der Waals surface area contributed by atoms with Crippen molar-refractivity contribution in [3.63, 3.8) is 0 Å². The molecule has 0 bridgehead atoms. The van der Waals surface area contributed by atoms with Gasteiger partial charge in [-0.2, -0.15) is 5.26 Å². The Morgan fingerprint density at radius 2 is 1.49 bits per heavy atom. The van der Waals surface area contributed by atoms with E-state index < -0.39 is 0 Å². The van der Waals surface area contributed by atoms with Gasteiger partial charge in [-0.25, -0.2) is 0 Å². The Morgan fingerprint density at radius 3 is 2.16 bits per heavy atom. The summed E-state index contributed by atoms with van der Waals surface area (Å²) >= 11 is 0. The van der Waals surface area contributed by atoms with Crippen molar-refractivity contribution in [2.75, 3.05) is 31.2 Å². The molecule has 0 spiro atoms. The highest BCUT2D eigenvalue weighted by Crippen LogP contribution is 2.24. The van der Waals surface area contributed by atoms with E-state index in [-0.39, 0.29) is 11.9 Å². The molecule has 188 valence electrons. The summed E-state index contributed by atoms with van der Waals surface area (Å²) in [5.74, 6) is 0.173. The summed E-state index contributed by atoms with van der Waals surface area (Å²) in [5, 5.41) is 9.01. The van der Waals surface area contributed by atoms with Crippen LogP contribution in [0.3, 0.4) is 0 Å². The molecule has 0 atom stereocenters. The van der Waals surface area contributed by atoms with Crippen LogP contribution in [0.5, 0.6) is 0 Å². The Morgan fingerprint density at radius 1 is 0.838 bits per heavy atom. The van der Waals surface area contributed by atoms with Crippen molar-refractivity contribution in [3.8, 4) is 6.07 Å². The van der Waals surface area contributed by atoms with Crippen molar-refractivity contribution in [2.45, 2.75) is 32.0 Å². The Bertz CT molecular complexity index is 1230. The summed E-state index contributed by atoms with van der Waals surface area (Å²) in [6, 6.07) is 30.9. The van der Waals surface area contributed by atoms with Crippen LogP contribution in [0.1, 0.15) is 29.5 Å². The third kappa shape index (κ3) is 6.31. The first-order valence-electron chi connectivity index (χ1n) is 13.0. The van der Waals surface area contributed by atoms with E-state index in [4.69, 9.17) is 5.26 Å². The van der Waals surface area contributed by atoms with Gasteiger partial charge >= 0.3 is 0 Å². The number of piperidine rings is 1. The fraction of sp³-hybridized carbons (Fsp3) is 0.290. The van der Waals surface area contributed by atoms with E-state index in [0.717, 1.165) is 38.0 Å². The Kier molecular flexibility index (Phi) is 7.71. The van der Waals surface area contributed by atoms with Gasteiger partial charge in [0, 0.05) is 50.3 Å². The van der Waals surface area contributed by atoms with Crippen LogP contribution in [0, 0.1) is 11.3 Å². The second-order valence-corrected chi connectivity index (χ2v) is 9.80. The number of amides is 1. The Hall–Kier alpha value is -4.24. The van der Waals surface area contributed by atoms with E-state index in [2.05, 4.69) is 68.1 Å². The molecule has 1 amide bonds. The summed E-state index contributed by atoms with van der Waals surface area (Å²) in [6.07, 6.45) is 5.99. The van der Waals surface area contributed by atoms with Crippen molar-refractivity contribution >= 4 is 11.6 Å². The number of nitrogens with zero attached hydrogens (tertiary/aromatic N) is 5. The summed E-state index contributed by atoms with van der Waals surface area (Å²) in [5.41, 5.74) is 4.24. The van der Waals surface area contributed by atoms with Crippen LogP contribution in [-0.4, -0.2) is 53.0 Å². The number of anilines is 1. The first-order valence-corrected chi connectivity index (χ1v) is 13.0. The Labute approximate surface area is 219 Å². The average molecular weight is 492 g/mol. The summed E-state index contributed by atoms with van der Waals surface area (Å²) in [6.45, 7) is 4.34. The molecule has 3 aromatic carbocycles. The molecule has 0 aromatic heterocycles. The minimum absolute atomic E-state index is 0.173. The zero-order valence-corrected chi connectivity index (χ0v) is 21.1. The van der Waals surface area contributed by atoms with Crippen molar-refractivity contribution in [3.05, 3.63) is 114 Å². The molecule has 2 aliphatic heterocycles. The monoisotopic (exact) mass is 491 g/mol. The lowest BCUT2D eigenvalue weighted by molar-refractivity contribution is -0.135. The van der Waals surface area contributed by atoms with Gasteiger partial charge in [-0.05, 0) is 48.2 Å². The molecule has 1 saturated heterocycles. The van der Waals surface area contributed by atoms with E-state index in [1.165, 1.54) is 11.3 Å². The van der Waals surface area contributed by atoms with Gasteiger partial charge in [-0.1, -0.05) is 60.7 Å². The van der Waals surface area contributed by atoms with E-state index in [1.807, 2.05) is 54.9 Å². The second kappa shape index (κ2) is 11.7. The lowest BCUT2D eigenvalue weighted by Gasteiger charge is -2.40. The summed E-state index contributed by atoms with van der Waals surface area (Å²) < 4.78 is 0. The van der Waals surface area contributed by atoms with Gasteiger partial charge in [-0.3, -0.25) is 4.79 Å². The fourth-order valence-electron chi connectivity index (χ4n) is 5.18. The number of carbonyl (C=O) groups excluding carboxylic acids is 1. The third-order valence-corrected chi connectivity index (χ3v) is 7.20. The van der Waals surface area contributed by atoms with Crippen LogP contribution >= 0.6 is 0 Å². The lowest BCUT2D eigenvalue weighted by atomic mass is 10.0. The smallest absolute Gasteiger partial charge is 0.242 e. The molecule has 2 aliphatic rings. The predicted octanol–water partition coefficient (Wildman–Crippen LogP) is 4.80. The largest absolute Gasteiger partial charge is 0.371 e. The molecule has 0 unspecified atom stereocenters. The van der Waals surface area contributed by atoms with Gasteiger partial charge in [0.15, 0.2) is 0 Å². The second-order valence-electron chi connectivity index (χ2n) is 9.80. The maximum atomic E-state index is 13.7. The van der Waals surface area contributed by atoms with Gasteiger partial charge < -0.3 is 19.6 Å². The molecule has 3 aromatic rings. The van der Waals surface area contributed by atoms with E-state index >= 15 is 0 Å². The van der Waals surface area contributed by atoms with Crippen molar-refractivity contribution in [2.24, 2.45) is 0 Å². The van der Waals surface area contributed by atoms with E-state index in [1.54, 1.807) is 0 Å². The molecule has 1 fully saturated rings. The highest BCUT2D eigenvalue weighted by molar-refractivity contribution is 5.79. The standard InChI is InChI=1S/C31H33N5O/c32-21-26-11-13-28(14-12-26)22-33-19-20-34(25-33)24-31(37)36(23-27-7-3-1-4-8-27)30-15-17-35(18-16-30)29-9-5-2-6-10-29/h1-14,19-20,30H,15-18,22-25H2. The highest BCUT2D eigenvalue weighted by Gasteiger charge is 2.29. The van der Waals surface area contributed by atoms with Gasteiger partial charge in [0.1, 0.15) is 0 Å². The Balaban J connectivity index is 1.20. The zero-order valence-electron chi connectivity index (χ0n) is 21.1. The number of carbonyl (C=O) groups is 1. The topological polar surface area (TPSA) is 53.8 Å². The molecule has 6 nitrogen and oxygen atoms in total. The molecule has 5 rings (SSSR count). The predicted molar refractivity (Wildman–Crippen MR) is 146 cm³/mol. The normalized spacial score (nSPS) is 15.6. The third-order valence-electron chi connectivity index (χ3n) is 7.20. The number of benzene rings is 3. The van der Waals surface area contributed by atoms with Crippen molar-refractivity contribution < 1.29 is 4.79 Å². The minimum Gasteiger partial charge on any atom is -0.371 e. The molecule has 0 saturated carbocycles. The molecular weight excluding hydrogens is 458 g/mol. The lowest BCUT2D eigenvalue weighted by Crippen LogP contribution is -2.49. The van der Waals surface area contributed by atoms with Crippen LogP contribution in [-0.2, 0) is 17.9 Å². The van der Waals surface area contributed by atoms with Crippen molar-refractivity contribution in [1.29, 1.82) is 5.26 Å².